The van der Waals surface area contributed by atoms with Crippen LogP contribution >= 0.6 is 15.9 Å². The number of nitrogens with two attached hydrogens (primary N) is 1. The zero-order chi connectivity index (χ0) is 12.8. The Balaban J connectivity index is 1.94. The summed E-state index contributed by atoms with van der Waals surface area (Å²) in [5.74, 6) is 0.872. The van der Waals surface area contributed by atoms with Gasteiger partial charge in [0, 0.05) is 23.0 Å². The normalized spacial score (nSPS) is 10.3. The van der Waals surface area contributed by atoms with Gasteiger partial charge in [-0.3, -0.25) is 0 Å². The minimum absolute atomic E-state index is 0.486. The Bertz CT molecular complexity index is 499. The van der Waals surface area contributed by atoms with Crippen molar-refractivity contribution in [1.82, 2.24) is 0 Å². The molecule has 0 unspecified atom stereocenters. The molecule has 0 radical (unpaired) electrons. The summed E-state index contributed by atoms with van der Waals surface area (Å²) in [5, 5.41) is 0. The maximum absolute atomic E-state index is 5.79. The lowest BCUT2D eigenvalue weighted by Gasteiger charge is -2.10. The molecule has 2 rings (SSSR count). The zero-order valence-corrected chi connectivity index (χ0v) is 11.7. The summed E-state index contributed by atoms with van der Waals surface area (Å²) in [6, 6.07) is 16.2. The molecule has 0 aliphatic rings. The van der Waals surface area contributed by atoms with Gasteiger partial charge < -0.3 is 10.5 Å². The number of hydrogen-bond donors (Lipinski definition) is 1. The molecule has 0 saturated carbocycles. The lowest BCUT2D eigenvalue weighted by Crippen LogP contribution is -2.05. The van der Waals surface area contributed by atoms with Crippen molar-refractivity contribution >= 4 is 15.9 Å². The lowest BCUT2D eigenvalue weighted by molar-refractivity contribution is 0.318. The van der Waals surface area contributed by atoms with Crippen LogP contribution < -0.4 is 10.5 Å². The highest BCUT2D eigenvalue weighted by molar-refractivity contribution is 9.10. The van der Waals surface area contributed by atoms with Crippen LogP contribution in [-0.4, -0.2) is 6.61 Å². The molecule has 0 fully saturated rings. The van der Waals surface area contributed by atoms with Gasteiger partial charge in [-0.2, -0.15) is 0 Å². The van der Waals surface area contributed by atoms with E-state index < -0.39 is 0 Å². The smallest absolute Gasteiger partial charge is 0.123 e. The summed E-state index contributed by atoms with van der Waals surface area (Å²) in [6.07, 6.45) is 0.904. The topological polar surface area (TPSA) is 35.2 Å². The van der Waals surface area contributed by atoms with Crippen LogP contribution in [0, 0.1) is 0 Å². The van der Waals surface area contributed by atoms with Gasteiger partial charge >= 0.3 is 0 Å². The van der Waals surface area contributed by atoms with E-state index in [4.69, 9.17) is 10.5 Å². The maximum atomic E-state index is 5.79. The predicted molar refractivity (Wildman–Crippen MR) is 77.7 cm³/mol. The van der Waals surface area contributed by atoms with Crippen LogP contribution in [0.4, 0.5) is 0 Å². The van der Waals surface area contributed by atoms with Crippen molar-refractivity contribution in [2.45, 2.75) is 13.0 Å². The first-order valence-electron chi connectivity index (χ1n) is 5.95. The largest absolute Gasteiger partial charge is 0.493 e. The van der Waals surface area contributed by atoms with Crippen LogP contribution in [-0.2, 0) is 13.0 Å². The molecule has 2 N–H and O–H groups in total. The van der Waals surface area contributed by atoms with E-state index in [9.17, 15) is 0 Å². The number of ether oxygens (including phenoxy) is 1. The van der Waals surface area contributed by atoms with E-state index in [1.807, 2.05) is 36.4 Å². The number of benzene rings is 2. The van der Waals surface area contributed by atoms with Crippen molar-refractivity contribution in [3.05, 3.63) is 64.1 Å². The fourth-order valence-corrected chi connectivity index (χ4v) is 2.18. The van der Waals surface area contributed by atoms with Gasteiger partial charge in [0.2, 0.25) is 0 Å². The molecule has 0 aromatic heterocycles. The fraction of sp³-hybridized carbons (Fsp3) is 0.200. The standard InChI is InChI=1S/C15H16BrNO/c16-14-6-7-15(13(10-14)11-17)18-9-8-12-4-2-1-3-5-12/h1-7,10H,8-9,11,17H2. The molecule has 0 aliphatic heterocycles. The van der Waals surface area contributed by atoms with E-state index >= 15 is 0 Å². The molecule has 94 valence electrons. The quantitative estimate of drug-likeness (QED) is 0.917. The van der Waals surface area contributed by atoms with Crippen LogP contribution in [0.15, 0.2) is 53.0 Å². The fourth-order valence-electron chi connectivity index (χ4n) is 1.77. The third kappa shape index (κ3) is 3.59. The number of hydrogen-bond acceptors (Lipinski definition) is 2. The molecule has 0 amide bonds. The van der Waals surface area contributed by atoms with Crippen molar-refractivity contribution in [2.24, 2.45) is 5.73 Å². The van der Waals surface area contributed by atoms with E-state index in [1.165, 1.54) is 5.56 Å². The molecular formula is C15H16BrNO. The van der Waals surface area contributed by atoms with Crippen LogP contribution in [0.3, 0.4) is 0 Å². The van der Waals surface area contributed by atoms with Crippen molar-refractivity contribution < 1.29 is 4.74 Å². The molecule has 0 heterocycles. The second-order valence-electron chi connectivity index (χ2n) is 4.04. The van der Waals surface area contributed by atoms with Crippen LogP contribution in [0.1, 0.15) is 11.1 Å². The predicted octanol–water partition coefficient (Wildman–Crippen LogP) is 3.53. The molecule has 0 spiro atoms. The Morgan fingerprint density at radius 2 is 1.83 bits per heavy atom. The summed E-state index contributed by atoms with van der Waals surface area (Å²) in [4.78, 5) is 0. The number of halogens is 1. The Labute approximate surface area is 116 Å². The first kappa shape index (κ1) is 13.1. The average molecular weight is 306 g/mol. The highest BCUT2D eigenvalue weighted by atomic mass is 79.9. The second-order valence-corrected chi connectivity index (χ2v) is 4.96. The molecular weight excluding hydrogens is 290 g/mol. The van der Waals surface area contributed by atoms with Gasteiger partial charge in [-0.05, 0) is 23.8 Å². The Kier molecular flexibility index (Phi) is 4.79. The van der Waals surface area contributed by atoms with Gasteiger partial charge in [-0.15, -0.1) is 0 Å². The van der Waals surface area contributed by atoms with Gasteiger partial charge in [-0.1, -0.05) is 46.3 Å². The minimum Gasteiger partial charge on any atom is -0.493 e. The third-order valence-electron chi connectivity index (χ3n) is 2.73. The zero-order valence-electron chi connectivity index (χ0n) is 10.1. The summed E-state index contributed by atoms with van der Waals surface area (Å²) < 4.78 is 6.81. The lowest BCUT2D eigenvalue weighted by atomic mass is 10.1. The van der Waals surface area contributed by atoms with Gasteiger partial charge in [0.25, 0.3) is 0 Å². The van der Waals surface area contributed by atoms with Crippen molar-refractivity contribution in [2.75, 3.05) is 6.61 Å². The molecule has 0 bridgehead atoms. The van der Waals surface area contributed by atoms with Crippen molar-refractivity contribution in [3.8, 4) is 5.75 Å². The highest BCUT2D eigenvalue weighted by Crippen LogP contribution is 2.22. The second kappa shape index (κ2) is 6.57. The van der Waals surface area contributed by atoms with Crippen LogP contribution in [0.5, 0.6) is 5.75 Å². The Morgan fingerprint density at radius 3 is 2.56 bits per heavy atom. The Hall–Kier alpha value is -1.32. The summed E-state index contributed by atoms with van der Waals surface area (Å²) in [5.41, 5.74) is 8.01. The molecule has 3 heteroatoms. The van der Waals surface area contributed by atoms with Gasteiger partial charge in [0.15, 0.2) is 0 Å². The summed E-state index contributed by atoms with van der Waals surface area (Å²) in [7, 11) is 0. The molecule has 2 aromatic carbocycles. The molecule has 2 nitrogen and oxygen atoms in total. The first-order chi connectivity index (χ1) is 8.79. The van der Waals surface area contributed by atoms with Gasteiger partial charge in [-0.25, -0.2) is 0 Å². The van der Waals surface area contributed by atoms with E-state index in [2.05, 4.69) is 28.1 Å². The average Bonchev–Trinajstić information content (AvgIpc) is 2.41. The third-order valence-corrected chi connectivity index (χ3v) is 3.23. The SMILES string of the molecule is NCc1cc(Br)ccc1OCCc1ccccc1. The molecule has 0 atom stereocenters. The van der Waals surface area contributed by atoms with Gasteiger partial charge in [0.05, 0.1) is 6.61 Å². The summed E-state index contributed by atoms with van der Waals surface area (Å²) >= 11 is 3.43. The summed E-state index contributed by atoms with van der Waals surface area (Å²) in [6.45, 7) is 1.15. The minimum atomic E-state index is 0.486. The molecule has 0 aliphatic carbocycles. The molecule has 2 aromatic rings. The van der Waals surface area contributed by atoms with Gasteiger partial charge in [0.1, 0.15) is 5.75 Å². The van der Waals surface area contributed by atoms with E-state index in [-0.39, 0.29) is 0 Å². The molecule has 0 saturated heterocycles. The van der Waals surface area contributed by atoms with E-state index in [0.717, 1.165) is 22.2 Å². The number of rotatable bonds is 5. The first-order valence-corrected chi connectivity index (χ1v) is 6.74. The van der Waals surface area contributed by atoms with Crippen molar-refractivity contribution in [3.63, 3.8) is 0 Å². The van der Waals surface area contributed by atoms with Crippen LogP contribution in [0.25, 0.3) is 0 Å². The Morgan fingerprint density at radius 1 is 1.06 bits per heavy atom. The van der Waals surface area contributed by atoms with Crippen molar-refractivity contribution in [1.29, 1.82) is 0 Å². The van der Waals surface area contributed by atoms with E-state index in [1.54, 1.807) is 0 Å². The maximum Gasteiger partial charge on any atom is 0.123 e. The van der Waals surface area contributed by atoms with Crippen LogP contribution in [0.2, 0.25) is 0 Å². The highest BCUT2D eigenvalue weighted by Gasteiger charge is 2.03. The monoisotopic (exact) mass is 305 g/mol. The van der Waals surface area contributed by atoms with E-state index in [0.29, 0.717) is 13.2 Å². The molecule has 18 heavy (non-hydrogen) atoms.